The molecule has 0 radical (unpaired) electrons. The number of rotatable bonds is 2. The van der Waals surface area contributed by atoms with Gasteiger partial charge in [0, 0.05) is 5.69 Å². The molecule has 0 saturated carbocycles. The van der Waals surface area contributed by atoms with Crippen LogP contribution in [0.25, 0.3) is 0 Å². The van der Waals surface area contributed by atoms with E-state index in [9.17, 15) is 18.0 Å². The van der Waals surface area contributed by atoms with Gasteiger partial charge in [-0.05, 0) is 32.0 Å². The van der Waals surface area contributed by atoms with Crippen LogP contribution in [-0.4, -0.2) is 22.3 Å². The summed E-state index contributed by atoms with van der Waals surface area (Å²) in [5, 5.41) is 8.84. The molecule has 2 N–H and O–H groups in total. The number of amides is 1. The molecule has 1 amide bonds. The maximum atomic E-state index is 13.1. The van der Waals surface area contributed by atoms with E-state index < -0.39 is 28.7 Å². The smallest absolute Gasteiger partial charge is 0.387 e. The lowest BCUT2D eigenvalue weighted by Gasteiger charge is -2.32. The molecule has 2 rings (SSSR count). The van der Waals surface area contributed by atoms with Gasteiger partial charge in [0.25, 0.3) is 5.91 Å². The van der Waals surface area contributed by atoms with E-state index in [0.29, 0.717) is 0 Å². The topological polar surface area (TPSA) is 82.5 Å². The minimum Gasteiger partial charge on any atom is -0.387 e. The van der Waals surface area contributed by atoms with E-state index >= 15 is 0 Å². The number of hydrogen-bond donors (Lipinski definition) is 1. The lowest BCUT2D eigenvalue weighted by atomic mass is 10.0. The number of halogens is 3. The van der Waals surface area contributed by atoms with Gasteiger partial charge in [-0.1, -0.05) is 12.2 Å². The van der Waals surface area contributed by atoms with E-state index in [2.05, 4.69) is 4.99 Å². The molecule has 0 saturated heterocycles. The Labute approximate surface area is 135 Å². The van der Waals surface area contributed by atoms with Gasteiger partial charge in [-0.3, -0.25) is 4.79 Å². The fourth-order valence-electron chi connectivity index (χ4n) is 2.26. The minimum atomic E-state index is -4.71. The second-order valence-electron chi connectivity index (χ2n) is 5.34. The Morgan fingerprint density at radius 3 is 2.52 bits per heavy atom. The second kappa shape index (κ2) is 5.31. The van der Waals surface area contributed by atoms with Crippen LogP contribution in [0.3, 0.4) is 0 Å². The highest BCUT2D eigenvalue weighted by atomic mass is 32.1. The summed E-state index contributed by atoms with van der Waals surface area (Å²) < 4.78 is 39.3. The number of nitrogens with zero attached hydrogens (tertiary/aromatic N) is 3. The van der Waals surface area contributed by atoms with Crippen molar-refractivity contribution in [1.29, 1.82) is 5.26 Å². The Bertz CT molecular complexity index is 777. The predicted molar refractivity (Wildman–Crippen MR) is 81.9 cm³/mol. The van der Waals surface area contributed by atoms with Crippen molar-refractivity contribution in [2.75, 3.05) is 4.90 Å². The van der Waals surface area contributed by atoms with Gasteiger partial charge in [-0.15, -0.1) is 0 Å². The average molecular weight is 340 g/mol. The van der Waals surface area contributed by atoms with E-state index in [1.54, 1.807) is 0 Å². The first-order valence-corrected chi connectivity index (χ1v) is 6.75. The zero-order valence-corrected chi connectivity index (χ0v) is 12.9. The SMILES string of the molecule is CC1(C)C(=O)N=C(C(N)=S)N1c1ccc(C#N)c(C(F)(F)F)c1. The molecule has 1 heterocycles. The number of anilines is 1. The molecule has 23 heavy (non-hydrogen) atoms. The number of carbonyl (C=O) groups is 1. The summed E-state index contributed by atoms with van der Waals surface area (Å²) in [6.07, 6.45) is -4.71. The lowest BCUT2D eigenvalue weighted by Crippen LogP contribution is -2.50. The number of aliphatic imine (C=N–C) groups is 1. The number of thiocarbonyl (C=S) groups is 1. The maximum Gasteiger partial charge on any atom is 0.417 e. The number of nitriles is 1. The fourth-order valence-corrected chi connectivity index (χ4v) is 2.39. The van der Waals surface area contributed by atoms with Gasteiger partial charge in [0.05, 0.1) is 17.2 Å². The molecule has 0 aliphatic carbocycles. The quantitative estimate of drug-likeness (QED) is 0.836. The highest BCUT2D eigenvalue weighted by Crippen LogP contribution is 2.37. The minimum absolute atomic E-state index is 0.0266. The van der Waals surface area contributed by atoms with Crippen LogP contribution in [0, 0.1) is 11.3 Å². The summed E-state index contributed by atoms with van der Waals surface area (Å²) in [7, 11) is 0. The van der Waals surface area contributed by atoms with Gasteiger partial charge in [-0.2, -0.15) is 23.4 Å². The fraction of sp³-hybridized carbons (Fsp3) is 0.286. The Hall–Kier alpha value is -2.47. The van der Waals surface area contributed by atoms with Crippen molar-refractivity contribution in [3.05, 3.63) is 29.3 Å². The molecular formula is C14H11F3N4OS. The van der Waals surface area contributed by atoms with Gasteiger partial charge in [0.15, 0.2) is 5.84 Å². The Balaban J connectivity index is 2.66. The van der Waals surface area contributed by atoms with Crippen LogP contribution < -0.4 is 10.6 Å². The highest BCUT2D eigenvalue weighted by molar-refractivity contribution is 7.82. The first-order chi connectivity index (χ1) is 10.5. The summed E-state index contributed by atoms with van der Waals surface area (Å²) in [4.78, 5) is 16.7. The molecule has 0 unspecified atom stereocenters. The molecule has 5 nitrogen and oxygen atoms in total. The molecule has 1 aromatic rings. The maximum absolute atomic E-state index is 13.1. The van der Waals surface area contributed by atoms with E-state index in [1.165, 1.54) is 30.9 Å². The molecular weight excluding hydrogens is 329 g/mol. The normalized spacial score (nSPS) is 17.0. The Morgan fingerprint density at radius 1 is 1.43 bits per heavy atom. The second-order valence-corrected chi connectivity index (χ2v) is 5.78. The molecule has 0 fully saturated rings. The van der Waals surface area contributed by atoms with Crippen LogP contribution in [0.2, 0.25) is 0 Å². The zero-order chi connectivity index (χ0) is 17.6. The van der Waals surface area contributed by atoms with Crippen LogP contribution >= 0.6 is 12.2 Å². The van der Waals surface area contributed by atoms with Crippen LogP contribution in [0.4, 0.5) is 18.9 Å². The van der Waals surface area contributed by atoms with E-state index in [-0.39, 0.29) is 16.5 Å². The van der Waals surface area contributed by atoms with Gasteiger partial charge < -0.3 is 10.6 Å². The van der Waals surface area contributed by atoms with Crippen molar-refractivity contribution in [1.82, 2.24) is 0 Å². The summed E-state index contributed by atoms with van der Waals surface area (Å²) in [5.41, 5.74) is 2.69. The van der Waals surface area contributed by atoms with Crippen molar-refractivity contribution in [3.8, 4) is 6.07 Å². The van der Waals surface area contributed by atoms with Crippen molar-refractivity contribution in [2.45, 2.75) is 25.6 Å². The third-order valence-electron chi connectivity index (χ3n) is 3.41. The molecule has 0 bridgehead atoms. The molecule has 1 aliphatic heterocycles. The number of nitrogens with two attached hydrogens (primary N) is 1. The molecule has 0 atom stereocenters. The largest absolute Gasteiger partial charge is 0.417 e. The van der Waals surface area contributed by atoms with Crippen molar-refractivity contribution in [3.63, 3.8) is 0 Å². The van der Waals surface area contributed by atoms with Crippen molar-refractivity contribution in [2.24, 2.45) is 10.7 Å². The predicted octanol–water partition coefficient (Wildman–Crippen LogP) is 2.39. The summed E-state index contributed by atoms with van der Waals surface area (Å²) in [5.74, 6) is -0.647. The van der Waals surface area contributed by atoms with Gasteiger partial charge in [0.2, 0.25) is 0 Å². The molecule has 1 aromatic carbocycles. The Morgan fingerprint density at radius 2 is 2.04 bits per heavy atom. The van der Waals surface area contributed by atoms with Crippen molar-refractivity contribution < 1.29 is 18.0 Å². The summed E-state index contributed by atoms with van der Waals surface area (Å²) >= 11 is 4.82. The van der Waals surface area contributed by atoms with Crippen LogP contribution in [0.5, 0.6) is 0 Å². The van der Waals surface area contributed by atoms with Gasteiger partial charge in [-0.25, -0.2) is 0 Å². The number of carbonyl (C=O) groups excluding carboxylic acids is 1. The third-order valence-corrected chi connectivity index (χ3v) is 3.59. The first kappa shape index (κ1) is 16.9. The van der Waals surface area contributed by atoms with Gasteiger partial charge in [0.1, 0.15) is 10.5 Å². The lowest BCUT2D eigenvalue weighted by molar-refractivity contribution is -0.137. The molecule has 0 spiro atoms. The summed E-state index contributed by atoms with van der Waals surface area (Å²) in [6, 6.07) is 4.61. The van der Waals surface area contributed by atoms with Crippen LogP contribution in [-0.2, 0) is 11.0 Å². The van der Waals surface area contributed by atoms with Gasteiger partial charge >= 0.3 is 6.18 Å². The monoisotopic (exact) mass is 340 g/mol. The molecule has 120 valence electrons. The molecule has 0 aromatic heterocycles. The molecule has 9 heteroatoms. The number of alkyl halides is 3. The zero-order valence-electron chi connectivity index (χ0n) is 12.1. The van der Waals surface area contributed by atoms with E-state index in [1.807, 2.05) is 0 Å². The third kappa shape index (κ3) is 2.77. The van der Waals surface area contributed by atoms with E-state index in [0.717, 1.165) is 12.1 Å². The molecule has 1 aliphatic rings. The Kier molecular flexibility index (Phi) is 3.90. The van der Waals surface area contributed by atoms with Crippen molar-refractivity contribution >= 4 is 34.6 Å². The highest BCUT2D eigenvalue weighted by Gasteiger charge is 2.45. The number of amidine groups is 1. The van der Waals surface area contributed by atoms with Crippen LogP contribution in [0.15, 0.2) is 23.2 Å². The van der Waals surface area contributed by atoms with E-state index in [4.69, 9.17) is 23.2 Å². The first-order valence-electron chi connectivity index (χ1n) is 6.34. The summed E-state index contributed by atoms with van der Waals surface area (Å²) in [6.45, 7) is 2.99. The standard InChI is InChI=1S/C14H11F3N4OS/c1-13(2)12(22)20-11(10(19)23)21(13)8-4-3-7(6-18)9(5-8)14(15,16)17/h3-5H,1-2H3,(H2,19,23). The average Bonchev–Trinajstić information content (AvgIpc) is 2.68. The number of benzene rings is 1. The number of hydrogen-bond acceptors (Lipinski definition) is 4. The van der Waals surface area contributed by atoms with Crippen LogP contribution in [0.1, 0.15) is 25.0 Å².